The summed E-state index contributed by atoms with van der Waals surface area (Å²) in [6, 6.07) is 0. The van der Waals surface area contributed by atoms with Crippen LogP contribution in [0.5, 0.6) is 0 Å². The van der Waals surface area contributed by atoms with Crippen molar-refractivity contribution in [2.45, 2.75) is 219 Å². The molecule has 42 heavy (non-hydrogen) atoms. The van der Waals surface area contributed by atoms with Gasteiger partial charge in [0.05, 0.1) is 0 Å². The van der Waals surface area contributed by atoms with Crippen LogP contribution in [0.2, 0.25) is 0 Å². The molecule has 257 valence electrons. The predicted octanol–water partition coefficient (Wildman–Crippen LogP) is 12.1. The third kappa shape index (κ3) is 36.0. The maximum Gasteiger partial charge on any atom is 3.00 e. The molecule has 0 aromatic heterocycles. The Morgan fingerprint density at radius 1 is 0.357 bits per heavy atom. The molecular formula is C36H74NiO2PS2. The van der Waals surface area contributed by atoms with Crippen LogP contribution in [0, 0.1) is 0 Å². The zero-order chi connectivity index (χ0) is 30.1. The molecule has 0 aliphatic carbocycles. The predicted molar refractivity (Wildman–Crippen MR) is 190 cm³/mol. The molecule has 2 nitrogen and oxygen atoms in total. The van der Waals surface area contributed by atoms with Crippen molar-refractivity contribution in [2.75, 3.05) is 11.5 Å². The van der Waals surface area contributed by atoms with Crippen molar-refractivity contribution in [1.82, 2.24) is 0 Å². The summed E-state index contributed by atoms with van der Waals surface area (Å²) in [5.41, 5.74) is -3.59. The Kier molecular flexibility index (Phi) is 40.2. The Morgan fingerprint density at radius 3 is 0.690 bits per heavy atom. The summed E-state index contributed by atoms with van der Waals surface area (Å²) in [6.45, 7) is 4.57. The van der Waals surface area contributed by atoms with Gasteiger partial charge < -0.3 is 27.7 Å². The molecule has 0 unspecified atom stereocenters. The number of rotatable bonds is 34. The molecule has 0 atom stereocenters. The van der Waals surface area contributed by atoms with E-state index in [9.17, 15) is 9.79 Å². The van der Waals surface area contributed by atoms with Crippen LogP contribution in [-0.4, -0.2) is 11.5 Å². The van der Waals surface area contributed by atoms with E-state index in [1.165, 1.54) is 193 Å². The van der Waals surface area contributed by atoms with E-state index in [1.54, 1.807) is 0 Å². The monoisotopic (exact) mass is 691 g/mol. The van der Waals surface area contributed by atoms with Gasteiger partial charge in [-0.1, -0.05) is 206 Å². The first-order valence-electron chi connectivity index (χ1n) is 18.7. The zero-order valence-corrected chi connectivity index (χ0v) is 32.0. The molecule has 0 aliphatic rings. The van der Waals surface area contributed by atoms with Crippen molar-refractivity contribution in [2.24, 2.45) is 0 Å². The molecular weight excluding hydrogens is 618 g/mol. The van der Waals surface area contributed by atoms with Crippen LogP contribution in [0.4, 0.5) is 0 Å². The van der Waals surface area contributed by atoms with Crippen LogP contribution in [0.25, 0.3) is 0 Å². The average Bonchev–Trinajstić information content (AvgIpc) is 2.95. The SMILES string of the molecule is CCCCCCCCCCCCCCCCCCS(CCCCCCCCCCCCCCCCCC)=P([O-])([O-])[S-].[Ni+3]. The number of unbranched alkanes of at least 4 members (excludes halogenated alkanes) is 30. The maximum atomic E-state index is 12.2. The van der Waals surface area contributed by atoms with E-state index in [4.69, 9.17) is 12.2 Å². The maximum absolute atomic E-state index is 12.2. The summed E-state index contributed by atoms with van der Waals surface area (Å²) in [6.07, 6.45) is 43.4. The smallest absolute Gasteiger partial charge is 0.854 e. The molecule has 0 spiro atoms. The second-order valence-corrected chi connectivity index (χ2v) is 20.7. The van der Waals surface area contributed by atoms with Crippen molar-refractivity contribution in [3.05, 3.63) is 0 Å². The summed E-state index contributed by atoms with van der Waals surface area (Å²) < 4.78 is 0. The van der Waals surface area contributed by atoms with E-state index in [0.29, 0.717) is 0 Å². The van der Waals surface area contributed by atoms with Crippen LogP contribution in [0.1, 0.15) is 219 Å². The second-order valence-electron chi connectivity index (χ2n) is 12.9. The summed E-state index contributed by atoms with van der Waals surface area (Å²) >= 11 is 4.94. The zero-order valence-electron chi connectivity index (χ0n) is 28.4. The van der Waals surface area contributed by atoms with Crippen molar-refractivity contribution in [3.63, 3.8) is 0 Å². The fourth-order valence-corrected chi connectivity index (χ4v) is 11.1. The van der Waals surface area contributed by atoms with Gasteiger partial charge in [0, 0.05) is 0 Å². The number of hydrogen-bond donors (Lipinski definition) is 0. The third-order valence-corrected chi connectivity index (χ3v) is 15.8. The molecule has 0 heterocycles. The van der Waals surface area contributed by atoms with Gasteiger partial charge in [-0.3, -0.25) is 0 Å². The molecule has 0 fully saturated rings. The summed E-state index contributed by atoms with van der Waals surface area (Å²) in [7, 11) is -0.562. The first kappa shape index (κ1) is 45.7. The van der Waals surface area contributed by atoms with Crippen LogP contribution in [0.15, 0.2) is 0 Å². The van der Waals surface area contributed by atoms with Gasteiger partial charge in [0.15, 0.2) is 0 Å². The molecule has 0 N–H and O–H groups in total. The van der Waals surface area contributed by atoms with Crippen molar-refractivity contribution >= 4 is 28.0 Å². The summed E-state index contributed by atoms with van der Waals surface area (Å²) in [4.78, 5) is 24.3. The molecule has 1 radical (unpaired) electrons. The van der Waals surface area contributed by atoms with E-state index in [1.807, 2.05) is 0 Å². The van der Waals surface area contributed by atoms with E-state index >= 15 is 0 Å². The summed E-state index contributed by atoms with van der Waals surface area (Å²) in [5.74, 6) is 1.64. The Balaban J connectivity index is 0. The molecule has 6 heteroatoms. The van der Waals surface area contributed by atoms with Crippen molar-refractivity contribution in [3.8, 4) is 0 Å². The van der Waals surface area contributed by atoms with Crippen LogP contribution in [-0.2, 0) is 38.8 Å². The molecule has 0 saturated heterocycles. The third-order valence-electron chi connectivity index (χ3n) is 8.78. The number of hydrogen-bond acceptors (Lipinski definition) is 3. The molecule has 0 aliphatic heterocycles. The molecule has 0 bridgehead atoms. The fourth-order valence-electron chi connectivity index (χ4n) is 5.96. The van der Waals surface area contributed by atoms with Gasteiger partial charge in [-0.25, -0.2) is 10.1 Å². The molecule has 0 aromatic rings. The molecule has 0 amide bonds. The minimum atomic E-state index is -3.59. The molecule has 0 saturated carbocycles. The van der Waals surface area contributed by atoms with Gasteiger partial charge in [-0.15, -0.1) is 0 Å². The Bertz CT molecular complexity index is 524. The molecule has 0 aromatic carbocycles. The van der Waals surface area contributed by atoms with Gasteiger partial charge in [-0.05, 0) is 24.3 Å². The van der Waals surface area contributed by atoms with Crippen molar-refractivity contribution < 1.29 is 26.3 Å². The Labute approximate surface area is 283 Å². The quantitative estimate of drug-likeness (QED) is 0.0292. The Hall–Kier alpha value is 1.54. The van der Waals surface area contributed by atoms with E-state index in [-0.39, 0.29) is 16.5 Å². The van der Waals surface area contributed by atoms with Gasteiger partial charge in [0.25, 0.3) is 0 Å². The Morgan fingerprint density at radius 2 is 0.524 bits per heavy atom. The van der Waals surface area contributed by atoms with Gasteiger partial charge in [-0.2, -0.15) is 0 Å². The first-order chi connectivity index (χ1) is 20.0. The van der Waals surface area contributed by atoms with E-state index in [2.05, 4.69) is 13.8 Å². The molecule has 0 rings (SSSR count). The van der Waals surface area contributed by atoms with Gasteiger partial charge in [0.2, 0.25) is 0 Å². The van der Waals surface area contributed by atoms with Crippen molar-refractivity contribution in [1.29, 1.82) is 0 Å². The normalized spacial score (nSPS) is 11.9. The average molecular weight is 693 g/mol. The largest absolute Gasteiger partial charge is 3.00 e. The minimum Gasteiger partial charge on any atom is -0.854 e. The van der Waals surface area contributed by atoms with Gasteiger partial charge in [0.1, 0.15) is 0 Å². The topological polar surface area (TPSA) is 46.1 Å². The van der Waals surface area contributed by atoms with Crippen LogP contribution < -0.4 is 9.79 Å². The standard InChI is InChI=1S/C36H74O2PS2.Ni/c1-3-5-7-9-11-13-15-17-19-21-23-25-27-29-31-33-35-41(39(37,38)40)36-34-32-30-28-26-24-22-20-18-16-14-12-10-8-6-4-2;/h3-36H2,1-2H3;/q-3;+3. The van der Waals surface area contributed by atoms with Gasteiger partial charge >= 0.3 is 16.5 Å². The fraction of sp³-hybridized carbons (Fsp3) is 1.00. The first-order valence-corrected chi connectivity index (χ1v) is 23.5. The second kappa shape index (κ2) is 37.0. The summed E-state index contributed by atoms with van der Waals surface area (Å²) in [5, 5.41) is 0. The minimum absolute atomic E-state index is 0. The van der Waals surface area contributed by atoms with E-state index in [0.717, 1.165) is 24.3 Å². The van der Waals surface area contributed by atoms with Crippen LogP contribution >= 0.6 is 5.69 Å². The van der Waals surface area contributed by atoms with E-state index < -0.39 is 15.8 Å². The van der Waals surface area contributed by atoms with Crippen LogP contribution in [0.3, 0.4) is 0 Å².